The van der Waals surface area contributed by atoms with Gasteiger partial charge in [-0.25, -0.2) is 14.4 Å². The number of benzene rings is 2. The maximum atomic E-state index is 13.0. The van der Waals surface area contributed by atoms with Crippen LogP contribution in [0, 0.1) is 5.82 Å². The molecule has 4 rings (SSSR count). The van der Waals surface area contributed by atoms with Crippen LogP contribution in [0.15, 0.2) is 58.7 Å². The first kappa shape index (κ1) is 24.5. The van der Waals surface area contributed by atoms with Crippen molar-refractivity contribution in [3.05, 3.63) is 86.5 Å². The molecule has 35 heavy (non-hydrogen) atoms. The van der Waals surface area contributed by atoms with E-state index in [0.29, 0.717) is 28.7 Å². The number of hydrogen-bond acceptors (Lipinski definition) is 7. The molecule has 0 radical (unpaired) electrons. The van der Waals surface area contributed by atoms with Crippen LogP contribution in [0.3, 0.4) is 0 Å². The minimum Gasteiger partial charge on any atom is -0.486 e. The highest BCUT2D eigenvalue weighted by Gasteiger charge is 2.14. The smallest absolute Gasteiger partial charge is 0.306 e. The van der Waals surface area contributed by atoms with Crippen LogP contribution in [0.5, 0.6) is 5.75 Å². The van der Waals surface area contributed by atoms with E-state index in [4.69, 9.17) is 9.47 Å². The van der Waals surface area contributed by atoms with E-state index in [2.05, 4.69) is 16.9 Å². The molecule has 0 unspecified atom stereocenters. The van der Waals surface area contributed by atoms with Gasteiger partial charge < -0.3 is 14.0 Å². The summed E-state index contributed by atoms with van der Waals surface area (Å²) in [5.74, 6) is -0.198. The largest absolute Gasteiger partial charge is 0.486 e. The van der Waals surface area contributed by atoms with Gasteiger partial charge >= 0.3 is 5.97 Å². The molecule has 9 heteroatoms. The van der Waals surface area contributed by atoms with Gasteiger partial charge in [0.25, 0.3) is 5.56 Å². The fourth-order valence-electron chi connectivity index (χ4n) is 3.55. The van der Waals surface area contributed by atoms with Crippen molar-refractivity contribution in [1.82, 2.24) is 14.5 Å². The Labute approximate surface area is 206 Å². The Morgan fingerprint density at radius 2 is 1.89 bits per heavy atom. The summed E-state index contributed by atoms with van der Waals surface area (Å²) in [7, 11) is 0. The molecule has 2 heterocycles. The standard InChI is InChI=1S/C26H26FN3O4S/c1-2-3-14-30-23-7-5-4-6-21(23)29-22(26(30)32)12-13-25(31)34-15-19-17-35-24(28-19)16-33-20-10-8-18(27)9-11-20/h4-11,17H,2-3,12-16H2,1H3. The molecule has 2 aromatic heterocycles. The maximum absolute atomic E-state index is 13.0. The minimum absolute atomic E-state index is 0.0394. The van der Waals surface area contributed by atoms with Gasteiger partial charge in [-0.3, -0.25) is 9.59 Å². The third kappa shape index (κ3) is 6.51. The summed E-state index contributed by atoms with van der Waals surface area (Å²) in [6.07, 6.45) is 2.13. The maximum Gasteiger partial charge on any atom is 0.306 e. The zero-order valence-electron chi connectivity index (χ0n) is 19.4. The van der Waals surface area contributed by atoms with Crippen LogP contribution in [0.2, 0.25) is 0 Å². The fraction of sp³-hybridized carbons (Fsp3) is 0.308. The summed E-state index contributed by atoms with van der Waals surface area (Å²) in [5.41, 5.74) is 2.37. The van der Waals surface area contributed by atoms with E-state index in [1.807, 2.05) is 24.3 Å². The number of hydrogen-bond donors (Lipinski definition) is 0. The highest BCUT2D eigenvalue weighted by molar-refractivity contribution is 7.09. The van der Waals surface area contributed by atoms with Crippen LogP contribution < -0.4 is 10.3 Å². The second kappa shape index (κ2) is 11.7. The van der Waals surface area contributed by atoms with Gasteiger partial charge in [0, 0.05) is 18.3 Å². The highest BCUT2D eigenvalue weighted by atomic mass is 32.1. The molecule has 0 N–H and O–H groups in total. The van der Waals surface area contributed by atoms with Crippen molar-refractivity contribution < 1.29 is 18.7 Å². The number of unbranched alkanes of at least 4 members (excludes halogenated alkanes) is 1. The van der Waals surface area contributed by atoms with Crippen LogP contribution in [-0.4, -0.2) is 20.5 Å². The Bertz CT molecular complexity index is 1350. The molecule has 0 aliphatic heterocycles. The average molecular weight is 496 g/mol. The number of esters is 1. The van der Waals surface area contributed by atoms with Crippen molar-refractivity contribution in [3.63, 3.8) is 0 Å². The average Bonchev–Trinajstić information content (AvgIpc) is 3.33. The first-order valence-electron chi connectivity index (χ1n) is 11.5. The van der Waals surface area contributed by atoms with E-state index in [1.165, 1.54) is 23.5 Å². The summed E-state index contributed by atoms with van der Waals surface area (Å²) < 4.78 is 25.7. The number of thiazole rings is 1. The van der Waals surface area contributed by atoms with E-state index >= 15 is 0 Å². The summed E-state index contributed by atoms with van der Waals surface area (Å²) >= 11 is 1.39. The Hall–Kier alpha value is -3.59. The normalized spacial score (nSPS) is 11.0. The van der Waals surface area contributed by atoms with Gasteiger partial charge in [-0.1, -0.05) is 25.5 Å². The van der Waals surface area contributed by atoms with Crippen molar-refractivity contribution in [2.45, 2.75) is 52.4 Å². The summed E-state index contributed by atoms with van der Waals surface area (Å²) in [5, 5.41) is 2.52. The molecule has 7 nitrogen and oxygen atoms in total. The van der Waals surface area contributed by atoms with E-state index in [0.717, 1.165) is 23.9 Å². The Balaban J connectivity index is 1.31. The lowest BCUT2D eigenvalue weighted by atomic mass is 10.2. The predicted octanol–water partition coefficient (Wildman–Crippen LogP) is 5.05. The number of carbonyl (C=O) groups excluding carboxylic acids is 1. The topological polar surface area (TPSA) is 83.3 Å². The predicted molar refractivity (Wildman–Crippen MR) is 132 cm³/mol. The quantitative estimate of drug-likeness (QED) is 0.271. The van der Waals surface area contributed by atoms with E-state index in [1.54, 1.807) is 22.1 Å². The van der Waals surface area contributed by atoms with Crippen LogP contribution in [0.4, 0.5) is 4.39 Å². The van der Waals surface area contributed by atoms with Crippen molar-refractivity contribution in [2.24, 2.45) is 0 Å². The fourth-order valence-corrected chi connectivity index (χ4v) is 4.24. The molecule has 182 valence electrons. The minimum atomic E-state index is -0.420. The van der Waals surface area contributed by atoms with E-state index in [9.17, 15) is 14.0 Å². The summed E-state index contributed by atoms with van der Waals surface area (Å²) in [4.78, 5) is 34.2. The number of para-hydroxylation sites is 2. The van der Waals surface area contributed by atoms with Gasteiger partial charge in [-0.15, -0.1) is 11.3 Å². The molecule has 0 atom stereocenters. The molecular weight excluding hydrogens is 469 g/mol. The van der Waals surface area contributed by atoms with Gasteiger partial charge in [-0.05, 0) is 42.8 Å². The SMILES string of the molecule is CCCCn1c(=O)c(CCC(=O)OCc2csc(COc3ccc(F)cc3)n2)nc2ccccc21. The molecule has 0 saturated heterocycles. The van der Waals surface area contributed by atoms with Crippen molar-refractivity contribution >= 4 is 28.3 Å². The zero-order chi connectivity index (χ0) is 24.6. The lowest BCUT2D eigenvalue weighted by molar-refractivity contribution is -0.145. The van der Waals surface area contributed by atoms with E-state index < -0.39 is 5.97 Å². The Morgan fingerprint density at radius 1 is 1.09 bits per heavy atom. The first-order chi connectivity index (χ1) is 17.0. The number of rotatable bonds is 11. The third-order valence-electron chi connectivity index (χ3n) is 5.38. The molecule has 4 aromatic rings. The van der Waals surface area contributed by atoms with Gasteiger partial charge in [0.05, 0.1) is 23.1 Å². The molecule has 2 aromatic carbocycles. The molecule has 0 aliphatic carbocycles. The molecule has 0 saturated carbocycles. The number of fused-ring (bicyclic) bond motifs is 1. The zero-order valence-corrected chi connectivity index (χ0v) is 20.2. The molecule has 0 bridgehead atoms. The number of aromatic nitrogens is 3. The summed E-state index contributed by atoms with van der Waals surface area (Å²) in [6, 6.07) is 13.3. The van der Waals surface area contributed by atoms with Crippen LogP contribution in [0.1, 0.15) is 42.6 Å². The van der Waals surface area contributed by atoms with Crippen LogP contribution >= 0.6 is 11.3 Å². The van der Waals surface area contributed by atoms with Gasteiger partial charge in [-0.2, -0.15) is 0 Å². The Kier molecular flexibility index (Phi) is 8.20. The molecule has 0 fully saturated rings. The van der Waals surface area contributed by atoms with Crippen LogP contribution in [-0.2, 0) is 35.7 Å². The first-order valence-corrected chi connectivity index (χ1v) is 12.4. The lowest BCUT2D eigenvalue weighted by Crippen LogP contribution is -2.26. The number of aryl methyl sites for hydroxylation is 2. The lowest BCUT2D eigenvalue weighted by Gasteiger charge is -2.11. The monoisotopic (exact) mass is 495 g/mol. The van der Waals surface area contributed by atoms with Crippen molar-refractivity contribution in [3.8, 4) is 5.75 Å². The van der Waals surface area contributed by atoms with Gasteiger partial charge in [0.2, 0.25) is 0 Å². The van der Waals surface area contributed by atoms with Gasteiger partial charge in [0.1, 0.15) is 35.5 Å². The molecule has 0 amide bonds. The molecular formula is C26H26FN3O4S. The van der Waals surface area contributed by atoms with E-state index in [-0.39, 0.29) is 37.4 Å². The number of nitrogens with zero attached hydrogens (tertiary/aromatic N) is 3. The third-order valence-corrected chi connectivity index (χ3v) is 6.25. The number of carbonyl (C=O) groups is 1. The van der Waals surface area contributed by atoms with Gasteiger partial charge in [0.15, 0.2) is 0 Å². The Morgan fingerprint density at radius 3 is 2.69 bits per heavy atom. The van der Waals surface area contributed by atoms with Crippen LogP contribution in [0.25, 0.3) is 11.0 Å². The molecule has 0 aliphatic rings. The summed E-state index contributed by atoms with van der Waals surface area (Å²) in [6.45, 7) is 2.97. The number of halogens is 1. The second-order valence-corrected chi connectivity index (χ2v) is 8.94. The van der Waals surface area contributed by atoms with Crippen molar-refractivity contribution in [2.75, 3.05) is 0 Å². The highest BCUT2D eigenvalue weighted by Crippen LogP contribution is 2.17. The van der Waals surface area contributed by atoms with Crippen molar-refractivity contribution in [1.29, 1.82) is 0 Å². The molecule has 0 spiro atoms. The number of ether oxygens (including phenoxy) is 2. The second-order valence-electron chi connectivity index (χ2n) is 7.99.